The highest BCUT2D eigenvalue weighted by Gasteiger charge is 2.11. The summed E-state index contributed by atoms with van der Waals surface area (Å²) in [6.07, 6.45) is 0.000692. The van der Waals surface area contributed by atoms with Crippen molar-refractivity contribution in [3.63, 3.8) is 0 Å². The van der Waals surface area contributed by atoms with Crippen molar-refractivity contribution in [3.8, 4) is 5.75 Å². The fourth-order valence-electron chi connectivity index (χ4n) is 1.80. The Bertz CT molecular complexity index is 603. The number of carbonyl (C=O) groups excluding carboxylic acids is 3. The average Bonchev–Trinajstić information content (AvgIpc) is 2.56. The van der Waals surface area contributed by atoms with Crippen molar-refractivity contribution in [2.45, 2.75) is 20.3 Å². The van der Waals surface area contributed by atoms with Gasteiger partial charge in [0.15, 0.2) is 6.61 Å². The number of benzene rings is 1. The van der Waals surface area contributed by atoms with E-state index in [1.54, 1.807) is 0 Å². The van der Waals surface area contributed by atoms with Gasteiger partial charge in [0.25, 0.3) is 5.91 Å². The van der Waals surface area contributed by atoms with E-state index in [9.17, 15) is 14.4 Å². The third-order valence-electron chi connectivity index (χ3n) is 3.12. The van der Waals surface area contributed by atoms with E-state index in [1.807, 2.05) is 37.4 Å². The summed E-state index contributed by atoms with van der Waals surface area (Å²) in [7, 11) is 1.49. The number of imide groups is 1. The molecule has 0 aliphatic carbocycles. The molecule has 1 aromatic carbocycles. The van der Waals surface area contributed by atoms with Crippen LogP contribution >= 0.6 is 0 Å². The van der Waals surface area contributed by atoms with Crippen molar-refractivity contribution in [3.05, 3.63) is 29.3 Å². The Balaban J connectivity index is 2.20. The molecule has 25 heavy (non-hydrogen) atoms. The molecule has 0 radical (unpaired) electrons. The standard InChI is InChI=1S/C17H24N2O6/c1-12-4-5-13(2)14(10-12)24-8-6-16(21)25-11-15(20)19-17(22)18-7-9-23-3/h4-5,10H,6-9,11H2,1-3H3,(H2,18,19,20,22). The number of esters is 1. The fraction of sp³-hybridized carbons (Fsp3) is 0.471. The molecule has 0 aromatic heterocycles. The molecule has 0 aliphatic heterocycles. The number of hydrogen-bond donors (Lipinski definition) is 2. The van der Waals surface area contributed by atoms with Crippen molar-refractivity contribution in [2.75, 3.05) is 33.5 Å². The molecule has 0 heterocycles. The Morgan fingerprint density at radius 1 is 1.12 bits per heavy atom. The Kier molecular flexibility index (Phi) is 9.02. The van der Waals surface area contributed by atoms with Crippen LogP contribution in [0.3, 0.4) is 0 Å². The first-order valence-corrected chi connectivity index (χ1v) is 7.84. The zero-order valence-electron chi connectivity index (χ0n) is 14.7. The number of methoxy groups -OCH3 is 1. The lowest BCUT2D eigenvalue weighted by Gasteiger charge is -2.10. The maximum absolute atomic E-state index is 11.6. The quantitative estimate of drug-likeness (QED) is 0.509. The maximum Gasteiger partial charge on any atom is 0.321 e. The summed E-state index contributed by atoms with van der Waals surface area (Å²) >= 11 is 0. The molecule has 0 spiro atoms. The third-order valence-corrected chi connectivity index (χ3v) is 3.12. The van der Waals surface area contributed by atoms with Crippen molar-refractivity contribution in [1.29, 1.82) is 0 Å². The summed E-state index contributed by atoms with van der Waals surface area (Å²) in [5, 5.41) is 4.44. The first kappa shape index (κ1) is 20.4. The van der Waals surface area contributed by atoms with Gasteiger partial charge in [-0.05, 0) is 31.0 Å². The molecule has 2 N–H and O–H groups in total. The summed E-state index contributed by atoms with van der Waals surface area (Å²) in [4.78, 5) is 34.3. The van der Waals surface area contributed by atoms with Gasteiger partial charge in [-0.1, -0.05) is 12.1 Å². The van der Waals surface area contributed by atoms with Crippen LogP contribution < -0.4 is 15.4 Å². The van der Waals surface area contributed by atoms with Crippen LogP contribution in [-0.4, -0.2) is 51.4 Å². The molecule has 0 fully saturated rings. The zero-order chi connectivity index (χ0) is 18.7. The normalized spacial score (nSPS) is 10.0. The lowest BCUT2D eigenvalue weighted by Crippen LogP contribution is -2.42. The molecule has 1 aromatic rings. The molecule has 138 valence electrons. The molecule has 0 unspecified atom stereocenters. The van der Waals surface area contributed by atoms with Gasteiger partial charge in [-0.3, -0.25) is 14.9 Å². The maximum atomic E-state index is 11.6. The highest BCUT2D eigenvalue weighted by Crippen LogP contribution is 2.19. The van der Waals surface area contributed by atoms with Crippen LogP contribution in [0.25, 0.3) is 0 Å². The van der Waals surface area contributed by atoms with Crippen LogP contribution in [0.4, 0.5) is 4.79 Å². The van der Waals surface area contributed by atoms with Gasteiger partial charge in [0.2, 0.25) is 0 Å². The van der Waals surface area contributed by atoms with Gasteiger partial charge >= 0.3 is 12.0 Å². The summed E-state index contributed by atoms with van der Waals surface area (Å²) in [6.45, 7) is 4.07. The number of hydrogen-bond acceptors (Lipinski definition) is 6. The molecule has 0 aliphatic rings. The first-order chi connectivity index (χ1) is 11.9. The fourth-order valence-corrected chi connectivity index (χ4v) is 1.80. The number of nitrogens with one attached hydrogen (secondary N) is 2. The van der Waals surface area contributed by atoms with Crippen molar-refractivity contribution in [1.82, 2.24) is 10.6 Å². The zero-order valence-corrected chi connectivity index (χ0v) is 14.7. The lowest BCUT2D eigenvalue weighted by molar-refractivity contribution is -0.148. The van der Waals surface area contributed by atoms with Gasteiger partial charge in [0.1, 0.15) is 5.75 Å². The van der Waals surface area contributed by atoms with E-state index in [0.29, 0.717) is 12.4 Å². The molecule has 0 saturated heterocycles. The highest BCUT2D eigenvalue weighted by molar-refractivity contribution is 5.95. The Labute approximate surface area is 146 Å². The van der Waals surface area contributed by atoms with E-state index < -0.39 is 24.5 Å². The summed E-state index contributed by atoms with van der Waals surface area (Å²) < 4.78 is 15.1. The van der Waals surface area contributed by atoms with Gasteiger partial charge in [-0.2, -0.15) is 0 Å². The van der Waals surface area contributed by atoms with Crippen molar-refractivity contribution in [2.24, 2.45) is 0 Å². The van der Waals surface area contributed by atoms with Gasteiger partial charge in [0, 0.05) is 13.7 Å². The minimum atomic E-state index is -0.710. The minimum absolute atomic E-state index is 0.000692. The summed E-state index contributed by atoms with van der Waals surface area (Å²) in [5.74, 6) is -0.586. The average molecular weight is 352 g/mol. The third kappa shape index (κ3) is 8.71. The van der Waals surface area contributed by atoms with Crippen LogP contribution in [0.5, 0.6) is 5.75 Å². The van der Waals surface area contributed by atoms with E-state index >= 15 is 0 Å². The molecule has 0 saturated carbocycles. The predicted molar refractivity (Wildman–Crippen MR) is 90.4 cm³/mol. The number of ether oxygens (including phenoxy) is 3. The number of carbonyl (C=O) groups is 3. The molecule has 0 atom stereocenters. The second kappa shape index (κ2) is 11.0. The highest BCUT2D eigenvalue weighted by atomic mass is 16.5. The summed E-state index contributed by atoms with van der Waals surface area (Å²) in [6, 6.07) is 5.12. The van der Waals surface area contributed by atoms with Crippen LogP contribution in [0.1, 0.15) is 17.5 Å². The number of urea groups is 1. The van der Waals surface area contributed by atoms with Gasteiger partial charge < -0.3 is 19.5 Å². The van der Waals surface area contributed by atoms with Crippen LogP contribution in [0, 0.1) is 13.8 Å². The largest absolute Gasteiger partial charge is 0.493 e. The van der Waals surface area contributed by atoms with E-state index in [-0.39, 0.29) is 19.6 Å². The van der Waals surface area contributed by atoms with Gasteiger partial charge in [-0.25, -0.2) is 4.79 Å². The smallest absolute Gasteiger partial charge is 0.321 e. The molecule has 8 nitrogen and oxygen atoms in total. The molecular formula is C17H24N2O6. The van der Waals surface area contributed by atoms with Crippen LogP contribution in [0.2, 0.25) is 0 Å². The molecular weight excluding hydrogens is 328 g/mol. The molecule has 8 heteroatoms. The second-order valence-corrected chi connectivity index (χ2v) is 5.32. The lowest BCUT2D eigenvalue weighted by atomic mass is 10.1. The molecule has 0 bridgehead atoms. The Morgan fingerprint density at radius 3 is 2.60 bits per heavy atom. The van der Waals surface area contributed by atoms with Gasteiger partial charge in [0.05, 0.1) is 19.6 Å². The van der Waals surface area contributed by atoms with Crippen LogP contribution in [-0.2, 0) is 19.1 Å². The number of amides is 3. The summed E-state index contributed by atoms with van der Waals surface area (Å²) in [5.41, 5.74) is 2.03. The second-order valence-electron chi connectivity index (χ2n) is 5.32. The van der Waals surface area contributed by atoms with Crippen molar-refractivity contribution >= 4 is 17.9 Å². The van der Waals surface area contributed by atoms with Gasteiger partial charge in [-0.15, -0.1) is 0 Å². The molecule has 1 rings (SSSR count). The monoisotopic (exact) mass is 352 g/mol. The predicted octanol–water partition coefficient (Wildman–Crippen LogP) is 1.09. The topological polar surface area (TPSA) is 103 Å². The minimum Gasteiger partial charge on any atom is -0.493 e. The van der Waals surface area contributed by atoms with E-state index in [4.69, 9.17) is 14.2 Å². The molecule has 3 amide bonds. The number of aryl methyl sites for hydroxylation is 2. The SMILES string of the molecule is COCCNC(=O)NC(=O)COC(=O)CCOc1cc(C)ccc1C. The van der Waals surface area contributed by atoms with E-state index in [0.717, 1.165) is 11.1 Å². The Morgan fingerprint density at radius 2 is 1.88 bits per heavy atom. The first-order valence-electron chi connectivity index (χ1n) is 7.84. The van der Waals surface area contributed by atoms with Crippen LogP contribution in [0.15, 0.2) is 18.2 Å². The van der Waals surface area contributed by atoms with E-state index in [2.05, 4.69) is 5.32 Å². The Hall–Kier alpha value is -2.61. The van der Waals surface area contributed by atoms with Crippen molar-refractivity contribution < 1.29 is 28.6 Å². The number of rotatable bonds is 9. The van der Waals surface area contributed by atoms with E-state index in [1.165, 1.54) is 7.11 Å².